The van der Waals surface area contributed by atoms with Gasteiger partial charge < -0.3 is 15.4 Å². The van der Waals surface area contributed by atoms with E-state index in [9.17, 15) is 9.59 Å². The zero-order chi connectivity index (χ0) is 14.5. The summed E-state index contributed by atoms with van der Waals surface area (Å²) in [6.07, 6.45) is 9.27. The van der Waals surface area contributed by atoms with Crippen molar-refractivity contribution in [2.45, 2.75) is 32.7 Å². The van der Waals surface area contributed by atoms with E-state index in [0.717, 1.165) is 6.61 Å². The van der Waals surface area contributed by atoms with Gasteiger partial charge in [0, 0.05) is 13.7 Å². The molecule has 2 N–H and O–H groups in total. The zero-order valence-electron chi connectivity index (χ0n) is 11.9. The Morgan fingerprint density at radius 3 is 2.79 bits per heavy atom. The van der Waals surface area contributed by atoms with Gasteiger partial charge in [0.05, 0.1) is 6.61 Å². The number of ether oxygens (including phenoxy) is 1. The number of amides is 2. The molecule has 0 heterocycles. The summed E-state index contributed by atoms with van der Waals surface area (Å²) in [4.78, 5) is 20.6. The maximum absolute atomic E-state index is 10.8. The molecule has 1 unspecified atom stereocenters. The molecule has 0 aliphatic heterocycles. The third kappa shape index (κ3) is 9.02. The maximum atomic E-state index is 10.8. The van der Waals surface area contributed by atoms with E-state index < -0.39 is 6.04 Å². The normalized spacial score (nSPS) is 14.6. The van der Waals surface area contributed by atoms with Gasteiger partial charge in [0.1, 0.15) is 6.04 Å². The van der Waals surface area contributed by atoms with Gasteiger partial charge in [-0.1, -0.05) is 18.2 Å². The van der Waals surface area contributed by atoms with E-state index >= 15 is 0 Å². The van der Waals surface area contributed by atoms with Crippen LogP contribution in [0, 0.1) is 0 Å². The molecule has 108 valence electrons. The Morgan fingerprint density at radius 1 is 1.58 bits per heavy atom. The molecule has 1 atom stereocenters. The van der Waals surface area contributed by atoms with Crippen molar-refractivity contribution in [1.29, 1.82) is 0 Å². The fourth-order valence-electron chi connectivity index (χ4n) is 1.46. The minimum Gasteiger partial charge on any atom is -0.380 e. The summed E-state index contributed by atoms with van der Waals surface area (Å²) >= 11 is 0. The molecule has 0 saturated heterocycles. The Balaban J connectivity index is 0.000000342. The van der Waals surface area contributed by atoms with Gasteiger partial charge in [0.25, 0.3) is 0 Å². The smallest absolute Gasteiger partial charge is 0.242 e. The van der Waals surface area contributed by atoms with Crippen LogP contribution in [0.5, 0.6) is 0 Å². The highest BCUT2D eigenvalue weighted by atomic mass is 16.5. The molecule has 0 aromatic heterocycles. The molecule has 5 nitrogen and oxygen atoms in total. The molecule has 2 amide bonds. The van der Waals surface area contributed by atoms with Gasteiger partial charge in [0.15, 0.2) is 0 Å². The Morgan fingerprint density at radius 2 is 2.32 bits per heavy atom. The standard InChI is InChI=1S/C8H12O.C6H12N2O2/c1-9-7-8-5-3-2-4-6-8;1-3-7-6(10)5(2)8-4-9/h2-3,5H,4,6-7H2,1H3;4-5H,3H2,1-2H3,(H,7,10)(H,8,9). The summed E-state index contributed by atoms with van der Waals surface area (Å²) in [5.41, 5.74) is 1.40. The van der Waals surface area contributed by atoms with Crippen LogP contribution < -0.4 is 10.6 Å². The van der Waals surface area contributed by atoms with Gasteiger partial charge in [-0.05, 0) is 32.3 Å². The van der Waals surface area contributed by atoms with Gasteiger partial charge in [-0.2, -0.15) is 0 Å². The first kappa shape index (κ1) is 17.4. The van der Waals surface area contributed by atoms with E-state index in [4.69, 9.17) is 4.74 Å². The van der Waals surface area contributed by atoms with Crippen LogP contribution >= 0.6 is 0 Å². The second-order valence-corrected chi connectivity index (χ2v) is 4.13. The van der Waals surface area contributed by atoms with E-state index in [1.807, 2.05) is 6.92 Å². The molecular formula is C14H24N2O3. The van der Waals surface area contributed by atoms with Crippen LogP contribution in [0.3, 0.4) is 0 Å². The molecule has 5 heteroatoms. The average molecular weight is 268 g/mol. The van der Waals surface area contributed by atoms with Crippen LogP contribution in [0.1, 0.15) is 26.7 Å². The second-order valence-electron chi connectivity index (χ2n) is 4.13. The van der Waals surface area contributed by atoms with E-state index in [1.54, 1.807) is 14.0 Å². The van der Waals surface area contributed by atoms with Crippen molar-refractivity contribution in [1.82, 2.24) is 10.6 Å². The topological polar surface area (TPSA) is 67.4 Å². The first-order chi connectivity index (χ1) is 9.15. The van der Waals surface area contributed by atoms with E-state index in [-0.39, 0.29) is 5.91 Å². The molecular weight excluding hydrogens is 244 g/mol. The summed E-state index contributed by atoms with van der Waals surface area (Å²) in [5, 5.41) is 4.91. The monoisotopic (exact) mass is 268 g/mol. The SMILES string of the molecule is CCNC(=O)C(C)NC=O.COCC1=CC=CCC1. The third-order valence-corrected chi connectivity index (χ3v) is 2.49. The number of carbonyl (C=O) groups excluding carboxylic acids is 2. The predicted octanol–water partition coefficient (Wildman–Crippen LogP) is 1.17. The molecule has 19 heavy (non-hydrogen) atoms. The van der Waals surface area contributed by atoms with E-state index in [0.29, 0.717) is 13.0 Å². The van der Waals surface area contributed by atoms with Crippen LogP contribution in [0.25, 0.3) is 0 Å². The molecule has 0 bridgehead atoms. The molecule has 0 spiro atoms. The Bertz CT molecular complexity index is 325. The van der Waals surface area contributed by atoms with Gasteiger partial charge in [0.2, 0.25) is 12.3 Å². The number of rotatable bonds is 6. The number of nitrogens with one attached hydrogen (secondary N) is 2. The Kier molecular flexibility index (Phi) is 10.5. The number of methoxy groups -OCH3 is 1. The Labute approximate surface area is 115 Å². The summed E-state index contributed by atoms with van der Waals surface area (Å²) in [6.45, 7) is 4.83. The summed E-state index contributed by atoms with van der Waals surface area (Å²) in [7, 11) is 1.74. The minimum atomic E-state index is -0.433. The van der Waals surface area contributed by atoms with Gasteiger partial charge in [-0.15, -0.1) is 0 Å². The zero-order valence-corrected chi connectivity index (χ0v) is 11.9. The van der Waals surface area contributed by atoms with Crippen molar-refractivity contribution >= 4 is 12.3 Å². The molecule has 1 aliphatic rings. The van der Waals surface area contributed by atoms with Crippen molar-refractivity contribution in [3.05, 3.63) is 23.8 Å². The van der Waals surface area contributed by atoms with Crippen molar-refractivity contribution in [2.75, 3.05) is 20.3 Å². The number of hydrogen-bond donors (Lipinski definition) is 2. The minimum absolute atomic E-state index is 0.158. The number of likely N-dealkylation sites (N-methyl/N-ethyl adjacent to an activating group) is 1. The number of hydrogen-bond acceptors (Lipinski definition) is 3. The molecule has 0 radical (unpaired) electrons. The number of carbonyl (C=O) groups is 2. The lowest BCUT2D eigenvalue weighted by atomic mass is 10.1. The third-order valence-electron chi connectivity index (χ3n) is 2.49. The average Bonchev–Trinajstić information content (AvgIpc) is 2.41. The Hall–Kier alpha value is -1.62. The van der Waals surface area contributed by atoms with Crippen molar-refractivity contribution in [2.24, 2.45) is 0 Å². The van der Waals surface area contributed by atoms with Gasteiger partial charge in [-0.25, -0.2) is 0 Å². The van der Waals surface area contributed by atoms with E-state index in [2.05, 4.69) is 28.9 Å². The molecule has 0 aromatic carbocycles. The van der Waals surface area contributed by atoms with Crippen LogP contribution in [0.2, 0.25) is 0 Å². The lowest BCUT2D eigenvalue weighted by Gasteiger charge is -2.08. The van der Waals surface area contributed by atoms with Crippen molar-refractivity contribution in [3.8, 4) is 0 Å². The highest BCUT2D eigenvalue weighted by molar-refractivity contribution is 5.82. The molecule has 0 saturated carbocycles. The predicted molar refractivity (Wildman–Crippen MR) is 75.7 cm³/mol. The summed E-state index contributed by atoms with van der Waals surface area (Å²) < 4.78 is 4.98. The summed E-state index contributed by atoms with van der Waals surface area (Å²) in [6, 6.07) is -0.433. The second kappa shape index (κ2) is 11.5. The first-order valence-electron chi connectivity index (χ1n) is 6.46. The van der Waals surface area contributed by atoms with E-state index in [1.165, 1.54) is 18.4 Å². The lowest BCUT2D eigenvalue weighted by molar-refractivity contribution is -0.124. The molecule has 1 rings (SSSR count). The maximum Gasteiger partial charge on any atom is 0.242 e. The quantitative estimate of drug-likeness (QED) is 0.711. The fraction of sp³-hybridized carbons (Fsp3) is 0.571. The molecule has 1 aliphatic carbocycles. The first-order valence-corrected chi connectivity index (χ1v) is 6.46. The van der Waals surface area contributed by atoms with Crippen molar-refractivity contribution in [3.63, 3.8) is 0 Å². The molecule has 0 fully saturated rings. The largest absolute Gasteiger partial charge is 0.380 e. The van der Waals surface area contributed by atoms with Crippen LogP contribution in [-0.4, -0.2) is 38.6 Å². The van der Waals surface area contributed by atoms with Crippen LogP contribution in [-0.2, 0) is 14.3 Å². The van der Waals surface area contributed by atoms with Crippen LogP contribution in [0.15, 0.2) is 23.8 Å². The van der Waals surface area contributed by atoms with Crippen LogP contribution in [0.4, 0.5) is 0 Å². The number of allylic oxidation sites excluding steroid dienone is 3. The highest BCUT2D eigenvalue weighted by Gasteiger charge is 2.08. The van der Waals surface area contributed by atoms with Gasteiger partial charge >= 0.3 is 0 Å². The summed E-state index contributed by atoms with van der Waals surface area (Å²) in [5.74, 6) is -0.158. The fourth-order valence-corrected chi connectivity index (χ4v) is 1.46. The highest BCUT2D eigenvalue weighted by Crippen LogP contribution is 2.10. The van der Waals surface area contributed by atoms with Gasteiger partial charge in [-0.3, -0.25) is 9.59 Å². The molecule has 0 aromatic rings. The lowest BCUT2D eigenvalue weighted by Crippen LogP contribution is -2.41. The van der Waals surface area contributed by atoms with Crippen molar-refractivity contribution < 1.29 is 14.3 Å².